The molecule has 1 N–H and O–H groups in total. The summed E-state index contributed by atoms with van der Waals surface area (Å²) in [5, 5.41) is 9.03. The molecule has 1 saturated heterocycles. The van der Waals surface area contributed by atoms with E-state index in [1.165, 1.54) is 0 Å². The van der Waals surface area contributed by atoms with Crippen molar-refractivity contribution < 1.29 is 14.6 Å². The highest BCUT2D eigenvalue weighted by Crippen LogP contribution is 2.54. The van der Waals surface area contributed by atoms with Gasteiger partial charge >= 0.3 is 0 Å². The average Bonchev–Trinajstić information content (AvgIpc) is 2.77. The van der Waals surface area contributed by atoms with Crippen molar-refractivity contribution >= 4 is 5.78 Å². The minimum absolute atomic E-state index is 0.0506. The highest BCUT2D eigenvalue weighted by Gasteiger charge is 2.74. The summed E-state index contributed by atoms with van der Waals surface area (Å²) in [5.74, 6) is 2.31. The number of Topliss-reactive ketones (excluding diaryl/α,β-unsaturated/α-hetero) is 1. The lowest BCUT2D eigenvalue weighted by Gasteiger charge is -2.17. The first-order valence-corrected chi connectivity index (χ1v) is 4.03. The number of carbonyl (C=O) groups excluding carboxylic acids is 1. The molecule has 0 radical (unpaired) electrons. The summed E-state index contributed by atoms with van der Waals surface area (Å²) < 4.78 is 5.23. The third kappa shape index (κ3) is 0.626. The molecule has 12 heavy (non-hydrogen) atoms. The van der Waals surface area contributed by atoms with Gasteiger partial charge in [-0.25, -0.2) is 0 Å². The Morgan fingerprint density at radius 3 is 3.00 bits per heavy atom. The maximum absolute atomic E-state index is 11.4. The number of hydrogen-bond acceptors (Lipinski definition) is 3. The topological polar surface area (TPSA) is 49.8 Å². The van der Waals surface area contributed by atoms with Crippen LogP contribution in [-0.2, 0) is 9.53 Å². The Kier molecular flexibility index (Phi) is 1.36. The van der Waals surface area contributed by atoms with Crippen molar-refractivity contribution in [3.8, 4) is 12.3 Å². The lowest BCUT2D eigenvalue weighted by Crippen LogP contribution is -2.39. The molecular weight excluding hydrogens is 156 g/mol. The molecule has 2 rings (SSSR count). The first-order valence-electron chi connectivity index (χ1n) is 4.03. The predicted molar refractivity (Wildman–Crippen MR) is 41.3 cm³/mol. The Bertz CT molecular complexity index is 278. The zero-order valence-corrected chi connectivity index (χ0v) is 6.67. The second-order valence-electron chi connectivity index (χ2n) is 3.36. The van der Waals surface area contributed by atoms with Crippen molar-refractivity contribution in [2.24, 2.45) is 0 Å². The average molecular weight is 166 g/mol. The van der Waals surface area contributed by atoms with E-state index in [0.717, 1.165) is 6.42 Å². The smallest absolute Gasteiger partial charge is 0.218 e. The minimum atomic E-state index is -1.07. The van der Waals surface area contributed by atoms with Crippen molar-refractivity contribution in [3.05, 3.63) is 0 Å². The number of fused-ring (bicyclic) bond motifs is 1. The maximum Gasteiger partial charge on any atom is 0.218 e. The first kappa shape index (κ1) is 7.78. The minimum Gasteiger partial charge on any atom is -0.393 e. The molecule has 0 aromatic heterocycles. The Morgan fingerprint density at radius 2 is 2.50 bits per heavy atom. The number of aliphatic hydroxyl groups excluding tert-OH is 1. The summed E-state index contributed by atoms with van der Waals surface area (Å²) in [6, 6.07) is 0. The van der Waals surface area contributed by atoms with E-state index in [9.17, 15) is 4.79 Å². The molecule has 2 fully saturated rings. The number of hydrogen-bond donors (Lipinski definition) is 1. The van der Waals surface area contributed by atoms with Gasteiger partial charge in [0.05, 0.1) is 6.61 Å². The molecule has 0 bridgehead atoms. The van der Waals surface area contributed by atoms with E-state index in [4.69, 9.17) is 16.3 Å². The molecule has 0 amide bonds. The highest BCUT2D eigenvalue weighted by molar-refractivity contribution is 5.96. The van der Waals surface area contributed by atoms with Crippen molar-refractivity contribution in [2.45, 2.75) is 30.5 Å². The van der Waals surface area contributed by atoms with Crippen molar-refractivity contribution in [3.63, 3.8) is 0 Å². The van der Waals surface area contributed by atoms with Crippen LogP contribution in [-0.4, -0.2) is 28.7 Å². The molecule has 0 spiro atoms. The van der Waals surface area contributed by atoms with Gasteiger partial charge in [-0.05, 0) is 12.8 Å². The molecule has 1 saturated carbocycles. The zero-order chi connectivity index (χ0) is 8.82. The van der Waals surface area contributed by atoms with Crippen LogP contribution in [0, 0.1) is 12.3 Å². The molecular formula is C9H10O3. The van der Waals surface area contributed by atoms with Gasteiger partial charge in [0, 0.05) is 6.42 Å². The van der Waals surface area contributed by atoms with Gasteiger partial charge in [-0.3, -0.25) is 4.79 Å². The molecule has 2 atom stereocenters. The standard InChI is InChI=1S/C9H10O3/c1-2-9-7(11)4-3-5-8(9,6-10)12-9/h1,10H,3-6H2. The lowest BCUT2D eigenvalue weighted by atomic mass is 9.79. The van der Waals surface area contributed by atoms with Gasteiger partial charge < -0.3 is 9.84 Å². The maximum atomic E-state index is 11.4. The van der Waals surface area contributed by atoms with Crippen LogP contribution >= 0.6 is 0 Å². The van der Waals surface area contributed by atoms with E-state index in [2.05, 4.69) is 5.92 Å². The van der Waals surface area contributed by atoms with E-state index < -0.39 is 11.2 Å². The summed E-state index contributed by atoms with van der Waals surface area (Å²) in [4.78, 5) is 11.4. The van der Waals surface area contributed by atoms with E-state index in [-0.39, 0.29) is 12.4 Å². The second-order valence-corrected chi connectivity index (χ2v) is 3.36. The molecule has 64 valence electrons. The Balaban J connectivity index is 2.34. The summed E-state index contributed by atoms with van der Waals surface area (Å²) in [5.41, 5.74) is -1.79. The van der Waals surface area contributed by atoms with Gasteiger partial charge in [0.1, 0.15) is 5.60 Å². The van der Waals surface area contributed by atoms with Crippen LogP contribution in [0.3, 0.4) is 0 Å². The fraction of sp³-hybridized carbons (Fsp3) is 0.667. The molecule has 0 aromatic carbocycles. The number of ether oxygens (including phenoxy) is 1. The predicted octanol–water partition coefficient (Wildman–Crippen LogP) is -0.127. The number of rotatable bonds is 1. The molecule has 1 aliphatic carbocycles. The number of terminal acetylenes is 1. The molecule has 2 unspecified atom stereocenters. The SMILES string of the molecule is C#CC12OC1(CO)CCCC2=O. The van der Waals surface area contributed by atoms with Crippen LogP contribution in [0.1, 0.15) is 19.3 Å². The lowest BCUT2D eigenvalue weighted by molar-refractivity contribution is -0.123. The fourth-order valence-corrected chi connectivity index (χ4v) is 1.98. The van der Waals surface area contributed by atoms with Crippen LogP contribution in [0.15, 0.2) is 0 Å². The number of carbonyl (C=O) groups is 1. The van der Waals surface area contributed by atoms with Gasteiger partial charge in [-0.15, -0.1) is 6.42 Å². The summed E-state index contributed by atoms with van der Waals surface area (Å²) in [6.45, 7) is -0.150. The normalized spacial score (nSPS) is 44.8. The van der Waals surface area contributed by atoms with Gasteiger partial charge in [0.15, 0.2) is 5.78 Å². The van der Waals surface area contributed by atoms with Crippen molar-refractivity contribution in [1.82, 2.24) is 0 Å². The van der Waals surface area contributed by atoms with E-state index in [0.29, 0.717) is 12.8 Å². The van der Waals surface area contributed by atoms with Crippen molar-refractivity contribution in [2.75, 3.05) is 6.61 Å². The highest BCUT2D eigenvalue weighted by atomic mass is 16.6. The number of aliphatic hydroxyl groups is 1. The van der Waals surface area contributed by atoms with Gasteiger partial charge in [0.2, 0.25) is 5.60 Å². The second kappa shape index (κ2) is 2.09. The third-order valence-electron chi connectivity index (χ3n) is 2.78. The Labute approximate surface area is 70.7 Å². The Hall–Kier alpha value is -0.850. The number of epoxide rings is 1. The molecule has 1 aliphatic heterocycles. The van der Waals surface area contributed by atoms with Gasteiger partial charge in [0.25, 0.3) is 0 Å². The van der Waals surface area contributed by atoms with E-state index >= 15 is 0 Å². The largest absolute Gasteiger partial charge is 0.393 e. The van der Waals surface area contributed by atoms with Gasteiger partial charge in [-0.2, -0.15) is 0 Å². The fourth-order valence-electron chi connectivity index (χ4n) is 1.98. The van der Waals surface area contributed by atoms with Crippen LogP contribution in [0.25, 0.3) is 0 Å². The monoisotopic (exact) mass is 166 g/mol. The molecule has 3 heteroatoms. The molecule has 3 nitrogen and oxygen atoms in total. The number of ketones is 1. The quantitative estimate of drug-likeness (QED) is 0.436. The van der Waals surface area contributed by atoms with Crippen LogP contribution < -0.4 is 0 Å². The van der Waals surface area contributed by atoms with Crippen molar-refractivity contribution in [1.29, 1.82) is 0 Å². The molecule has 1 heterocycles. The summed E-state index contributed by atoms with van der Waals surface area (Å²) in [6.07, 6.45) is 7.16. The third-order valence-corrected chi connectivity index (χ3v) is 2.78. The first-order chi connectivity index (χ1) is 5.71. The van der Waals surface area contributed by atoms with Crippen LogP contribution in [0.2, 0.25) is 0 Å². The summed E-state index contributed by atoms with van der Waals surface area (Å²) in [7, 11) is 0. The van der Waals surface area contributed by atoms with E-state index in [1.54, 1.807) is 0 Å². The zero-order valence-electron chi connectivity index (χ0n) is 6.67. The molecule has 2 aliphatic rings. The Morgan fingerprint density at radius 1 is 1.75 bits per heavy atom. The van der Waals surface area contributed by atoms with Gasteiger partial charge in [-0.1, -0.05) is 5.92 Å². The van der Waals surface area contributed by atoms with Crippen LogP contribution in [0.5, 0.6) is 0 Å². The van der Waals surface area contributed by atoms with E-state index in [1.807, 2.05) is 0 Å². The summed E-state index contributed by atoms with van der Waals surface area (Å²) >= 11 is 0. The van der Waals surface area contributed by atoms with Crippen LogP contribution in [0.4, 0.5) is 0 Å². The molecule has 0 aromatic rings.